The van der Waals surface area contributed by atoms with Gasteiger partial charge in [0.2, 0.25) is 12.3 Å². The van der Waals surface area contributed by atoms with Gasteiger partial charge in [-0.2, -0.15) is 5.06 Å². The second kappa shape index (κ2) is 14.6. The van der Waals surface area contributed by atoms with E-state index in [0.717, 1.165) is 12.4 Å². The van der Waals surface area contributed by atoms with Gasteiger partial charge in [0, 0.05) is 48.0 Å². The number of aliphatic hydroxyl groups is 5. The zero-order chi connectivity index (χ0) is 34.6. The fourth-order valence-electron chi connectivity index (χ4n) is 5.15. The molecule has 0 bridgehead atoms. The van der Waals surface area contributed by atoms with Crippen LogP contribution >= 0.6 is 11.6 Å². The average molecular weight is 691 g/mol. The summed E-state index contributed by atoms with van der Waals surface area (Å²) in [5.41, 5.74) is 0.124. The molecule has 0 saturated heterocycles. The number of methoxy groups -OCH3 is 1. The summed E-state index contributed by atoms with van der Waals surface area (Å²) in [5, 5.41) is 62.7. The molecule has 2 amide bonds. The van der Waals surface area contributed by atoms with Gasteiger partial charge in [-0.05, 0) is 37.8 Å². The lowest BCUT2D eigenvalue weighted by atomic mass is 9.90. The van der Waals surface area contributed by atoms with Crippen LogP contribution < -0.4 is 20.3 Å². The number of hydroxylamine groups is 2. The number of anilines is 2. The average Bonchev–Trinajstić information content (AvgIpc) is 3.07. The number of fused-ring (bicyclic) bond motifs is 1. The van der Waals surface area contributed by atoms with Crippen LogP contribution in [0.4, 0.5) is 21.0 Å². The van der Waals surface area contributed by atoms with Crippen molar-refractivity contribution in [2.75, 3.05) is 23.9 Å². The Morgan fingerprint density at radius 3 is 2.42 bits per heavy atom. The van der Waals surface area contributed by atoms with Crippen LogP contribution in [0.25, 0.3) is 11.1 Å². The number of rotatable bonds is 9. The Morgan fingerprint density at radius 2 is 1.81 bits per heavy atom. The summed E-state index contributed by atoms with van der Waals surface area (Å²) in [5.74, 6) is -2.81. The van der Waals surface area contributed by atoms with Crippen molar-refractivity contribution in [3.63, 3.8) is 0 Å². The Bertz CT molecular complexity index is 1640. The molecule has 1 aliphatic heterocycles. The molecule has 1 fully saturated rings. The number of halogens is 2. The van der Waals surface area contributed by atoms with E-state index >= 15 is 0 Å². The maximum atomic E-state index is 13.2. The lowest BCUT2D eigenvalue weighted by molar-refractivity contribution is -0.456. The van der Waals surface area contributed by atoms with Gasteiger partial charge < -0.3 is 40.9 Å². The molecule has 3 aromatic rings. The highest BCUT2D eigenvalue weighted by atomic mass is 35.5. The lowest BCUT2D eigenvalue weighted by Gasteiger charge is -2.36. The van der Waals surface area contributed by atoms with Crippen molar-refractivity contribution in [1.29, 1.82) is 5.41 Å². The van der Waals surface area contributed by atoms with Crippen LogP contribution in [0.5, 0.6) is 6.01 Å². The number of ether oxygens (including phenoxy) is 1. The van der Waals surface area contributed by atoms with Crippen LogP contribution in [0.15, 0.2) is 48.2 Å². The number of urea groups is 1. The van der Waals surface area contributed by atoms with Crippen LogP contribution in [0, 0.1) is 5.41 Å². The molecule has 2 aliphatic rings. The van der Waals surface area contributed by atoms with Crippen LogP contribution in [0.3, 0.4) is 0 Å². The zero-order valence-electron chi connectivity index (χ0n) is 25.2. The summed E-state index contributed by atoms with van der Waals surface area (Å²) >= 11 is 6.12. The number of hydrogen-bond donors (Lipinski definition) is 8. The number of amides is 2. The minimum Gasteiger partial charge on any atom is -0.467 e. The first-order valence-corrected chi connectivity index (χ1v) is 14.8. The van der Waals surface area contributed by atoms with E-state index in [0.29, 0.717) is 42.6 Å². The fraction of sp³-hybridized carbons (Fsp3) is 0.393. The number of nitrogens with one attached hydrogen (secondary N) is 3. The molecule has 20 heteroatoms. The molecule has 1 aliphatic carbocycles. The molecule has 5 rings (SSSR count). The van der Waals surface area contributed by atoms with Gasteiger partial charge in [-0.3, -0.25) is 10.3 Å². The highest BCUT2D eigenvalue weighted by molar-refractivity contribution is 6.45. The topological polar surface area (TPSA) is 256 Å². The number of carbonyl (C=O) groups is 1. The van der Waals surface area contributed by atoms with Gasteiger partial charge in [-0.25, -0.2) is 38.9 Å². The Kier molecular flexibility index (Phi) is 10.6. The van der Waals surface area contributed by atoms with Gasteiger partial charge in [-0.15, -0.1) is 0 Å². The van der Waals surface area contributed by atoms with Gasteiger partial charge in [0.15, 0.2) is 0 Å². The highest BCUT2D eigenvalue weighted by Gasteiger charge is 2.39. The van der Waals surface area contributed by atoms with E-state index < -0.39 is 42.6 Å². The molecule has 18 nitrogen and oxygen atoms in total. The molecule has 0 aromatic carbocycles. The molecular weight excluding hydrogens is 659 g/mol. The molecule has 1 unspecified atom stereocenters. The summed E-state index contributed by atoms with van der Waals surface area (Å²) in [4.78, 5) is 40.5. The van der Waals surface area contributed by atoms with Crippen molar-refractivity contribution in [2.45, 2.75) is 56.5 Å². The van der Waals surface area contributed by atoms with E-state index in [1.807, 2.05) is 0 Å². The maximum Gasteiger partial charge on any atom is 0.332 e. The molecule has 1 atom stereocenters. The normalized spacial score (nSPS) is 20.9. The van der Waals surface area contributed by atoms with Gasteiger partial charge in [-0.1, -0.05) is 11.6 Å². The van der Waals surface area contributed by atoms with Gasteiger partial charge >= 0.3 is 18.0 Å². The van der Waals surface area contributed by atoms with Crippen LogP contribution in [-0.4, -0.2) is 106 Å². The molecule has 0 radical (unpaired) electrons. The molecule has 8 N–H and O–H groups in total. The van der Waals surface area contributed by atoms with E-state index in [1.54, 1.807) is 30.7 Å². The molecule has 0 spiro atoms. The predicted molar refractivity (Wildman–Crippen MR) is 165 cm³/mol. The summed E-state index contributed by atoms with van der Waals surface area (Å²) < 4.78 is 18.2. The minimum atomic E-state index is -3.15. The van der Waals surface area contributed by atoms with E-state index in [2.05, 4.69) is 35.6 Å². The van der Waals surface area contributed by atoms with E-state index in [4.69, 9.17) is 31.7 Å². The number of carbonyl (C=O) groups excluding carboxylic acids is 1. The number of nitrogens with zero attached hydrogens (tertiary/aromatic N) is 7. The third-order valence-corrected chi connectivity index (χ3v) is 7.78. The van der Waals surface area contributed by atoms with Gasteiger partial charge in [0.05, 0.1) is 30.5 Å². The molecule has 1 saturated carbocycles. The van der Waals surface area contributed by atoms with Crippen molar-refractivity contribution in [3.05, 3.63) is 59.4 Å². The Labute approximate surface area is 277 Å². The van der Waals surface area contributed by atoms with Gasteiger partial charge in [0.25, 0.3) is 6.41 Å². The molecule has 48 heavy (non-hydrogen) atoms. The number of aromatic nitrogens is 5. The zero-order valence-corrected chi connectivity index (χ0v) is 26.0. The summed E-state index contributed by atoms with van der Waals surface area (Å²) in [6.45, 7) is -0.607. The Morgan fingerprint density at radius 1 is 1.12 bits per heavy atom. The highest BCUT2D eigenvalue weighted by Crippen LogP contribution is 2.32. The monoisotopic (exact) mass is 690 g/mol. The first-order valence-electron chi connectivity index (χ1n) is 14.5. The maximum absolute atomic E-state index is 13.2. The van der Waals surface area contributed by atoms with Crippen molar-refractivity contribution < 1.29 is 44.3 Å². The van der Waals surface area contributed by atoms with E-state index in [-0.39, 0.29) is 39.8 Å². The number of hydrogen-bond acceptors (Lipinski definition) is 16. The minimum absolute atomic E-state index is 0.0353. The summed E-state index contributed by atoms with van der Waals surface area (Å²) in [6, 6.07) is 2.38. The van der Waals surface area contributed by atoms with Crippen LogP contribution in [0.1, 0.15) is 36.9 Å². The van der Waals surface area contributed by atoms with E-state index in [1.165, 1.54) is 12.0 Å². The third-order valence-electron chi connectivity index (χ3n) is 7.49. The quantitative estimate of drug-likeness (QED) is 0.143. The molecular formula is C28H32ClFN10O8. The lowest BCUT2D eigenvalue weighted by Crippen LogP contribution is -2.50. The first kappa shape index (κ1) is 34.7. The summed E-state index contributed by atoms with van der Waals surface area (Å²) in [7, 11) is 1.45. The number of allylic oxidation sites excluding steroid dienone is 1. The SMILES string of the molecule is COc1ncc(-c2ccc(N(C(=O)NCC(O)F)C3CCC(Nc4ncc5c(n4)C(=N)/C(Cl)=C\N(C(O)O)OC5(O)O)CC3)nc2)cn1. The van der Waals surface area contributed by atoms with Crippen LogP contribution in [-0.2, 0) is 10.8 Å². The fourth-order valence-corrected chi connectivity index (χ4v) is 5.34. The van der Waals surface area contributed by atoms with Crippen molar-refractivity contribution in [3.8, 4) is 17.1 Å². The Hall–Kier alpha value is -4.63. The number of pyridine rings is 1. The number of aliphatic hydroxyl groups excluding tert-OH is 2. The van der Waals surface area contributed by atoms with Gasteiger partial charge in [0.1, 0.15) is 17.2 Å². The standard InChI is InChI=1S/C28H32ClFN10O8/c1-47-25-34-9-15(10-35-25)14-2-7-21(32-8-14)40(26(42)36-12-20(30)41)17-5-3-16(4-6-17)37-24-33-11-18-23(38-24)22(31)19(29)13-39(27(43)44)48-28(18,45)46/h2,7-11,13,16-17,20,27,31,41,43-46H,3-6,12H2,1H3,(H,36,42)(H,33,37,38)/b19-13+,31-22?. The Balaban J connectivity index is 1.30. The largest absolute Gasteiger partial charge is 0.467 e. The predicted octanol–water partition coefficient (Wildman–Crippen LogP) is 0.623. The van der Waals surface area contributed by atoms with Crippen molar-refractivity contribution in [2.24, 2.45) is 0 Å². The second-order valence-electron chi connectivity index (χ2n) is 10.7. The molecule has 4 heterocycles. The second-order valence-corrected chi connectivity index (χ2v) is 11.1. The molecule has 256 valence electrons. The van der Waals surface area contributed by atoms with Crippen LogP contribution in [0.2, 0.25) is 0 Å². The molecule has 3 aromatic heterocycles. The van der Waals surface area contributed by atoms with Crippen molar-refractivity contribution >= 4 is 35.1 Å². The van der Waals surface area contributed by atoms with Crippen molar-refractivity contribution in [1.82, 2.24) is 35.3 Å². The van der Waals surface area contributed by atoms with E-state index in [9.17, 15) is 29.6 Å². The smallest absolute Gasteiger partial charge is 0.332 e. The third kappa shape index (κ3) is 7.90. The first-order chi connectivity index (χ1) is 22.9. The summed E-state index contributed by atoms with van der Waals surface area (Å²) in [6.07, 6.45) is 3.86. The number of alkyl halides is 1.